The average molecular weight is 894 g/mol. The molecular weight excluding hydrogens is 859 g/mol. The third kappa shape index (κ3) is 8.04. The fraction of sp³-hybridized carbons (Fsp3) is 0.0385. The first-order valence-corrected chi connectivity index (χ1v) is 20.4. The number of fused-ring (bicyclic) bond motifs is 4. The summed E-state index contributed by atoms with van der Waals surface area (Å²) in [7, 11) is 0. The first-order valence-electron chi connectivity index (χ1n) is 20.4. The smallest absolute Gasteiger partial charge is 0.336 e. The fourth-order valence-corrected chi connectivity index (χ4v) is 8.16. The summed E-state index contributed by atoms with van der Waals surface area (Å²) in [6, 6.07) is 31.6. The number of nitrogen functional groups attached to an aromatic ring is 1. The number of aromatic carboxylic acids is 3. The highest BCUT2D eigenvalue weighted by atomic mass is 16.5. The molecule has 3 aliphatic rings. The minimum absolute atomic E-state index is 0.0323. The lowest BCUT2D eigenvalue weighted by Crippen LogP contribution is -2.24. The minimum atomic E-state index is -1.40. The normalized spacial score (nSPS) is 11.6. The molecule has 2 amide bonds. The second-order valence-electron chi connectivity index (χ2n) is 15.6. The number of hydrogen-bond donors (Lipinski definition) is 7. The third-order valence-electron chi connectivity index (χ3n) is 11.4. The van der Waals surface area contributed by atoms with E-state index in [1.165, 1.54) is 66.7 Å². The molecule has 0 atom stereocenters. The Hall–Kier alpha value is -9.50. The number of carbonyl (C=O) groups is 5. The highest BCUT2D eigenvalue weighted by Crippen LogP contribution is 2.44. The van der Waals surface area contributed by atoms with Crippen LogP contribution < -0.4 is 37.0 Å². The maximum Gasteiger partial charge on any atom is 0.336 e. The molecule has 15 nitrogen and oxygen atoms in total. The van der Waals surface area contributed by atoms with Crippen molar-refractivity contribution in [3.8, 4) is 39.7 Å². The fourth-order valence-electron chi connectivity index (χ4n) is 8.16. The first-order chi connectivity index (χ1) is 32.1. The maximum absolute atomic E-state index is 13.5. The van der Waals surface area contributed by atoms with E-state index in [2.05, 4.69) is 17.2 Å². The van der Waals surface area contributed by atoms with Crippen molar-refractivity contribution in [2.24, 2.45) is 0 Å². The van der Waals surface area contributed by atoms with E-state index in [9.17, 15) is 49.2 Å². The van der Waals surface area contributed by atoms with E-state index < -0.39 is 35.2 Å². The molecule has 0 saturated carbocycles. The first kappa shape index (κ1) is 42.8. The molecule has 0 radical (unpaired) electrons. The van der Waals surface area contributed by atoms with Gasteiger partial charge >= 0.3 is 17.9 Å². The van der Waals surface area contributed by atoms with E-state index in [1.807, 2.05) is 0 Å². The van der Waals surface area contributed by atoms with Crippen LogP contribution in [0, 0.1) is 0 Å². The van der Waals surface area contributed by atoms with Crippen molar-refractivity contribution in [1.29, 1.82) is 0 Å². The number of amides is 2. The number of phenolic OH excluding ortho intramolecular Hbond substituents is 1. The molecule has 6 aromatic carbocycles. The third-order valence-corrected chi connectivity index (χ3v) is 11.4. The predicted molar refractivity (Wildman–Crippen MR) is 246 cm³/mol. The van der Waals surface area contributed by atoms with Crippen LogP contribution in [-0.4, -0.2) is 50.1 Å². The topological polar surface area (TPSA) is 256 Å². The number of phenols is 1. The summed E-state index contributed by atoms with van der Waals surface area (Å²) in [5, 5.41) is 48.3. The lowest BCUT2D eigenvalue weighted by atomic mass is 9.88. The second kappa shape index (κ2) is 16.9. The largest absolute Gasteiger partial charge is 0.507 e. The molecule has 9 rings (SSSR count). The van der Waals surface area contributed by atoms with Crippen LogP contribution in [-0.2, 0) is 13.1 Å². The number of carbonyl (C=O) groups excluding carboxylic acids is 2. The Bertz CT molecular complexity index is 3600. The number of nitrogens with two attached hydrogens (primary N) is 1. The van der Waals surface area contributed by atoms with E-state index in [0.717, 1.165) is 6.07 Å². The quantitative estimate of drug-likeness (QED) is 0.0536. The minimum Gasteiger partial charge on any atom is -0.507 e. The summed E-state index contributed by atoms with van der Waals surface area (Å²) in [6.07, 6.45) is 0. The Labute approximate surface area is 378 Å². The van der Waals surface area contributed by atoms with Gasteiger partial charge in [0.2, 0.25) is 0 Å². The van der Waals surface area contributed by atoms with E-state index in [-0.39, 0.29) is 69.1 Å². The number of ether oxygens (including phenoxy) is 1. The van der Waals surface area contributed by atoms with Gasteiger partial charge in [-0.25, -0.2) is 14.4 Å². The number of nitrogens with one attached hydrogen (secondary N) is 2. The Morgan fingerprint density at radius 2 is 1.24 bits per heavy atom. The molecule has 0 aromatic heterocycles. The van der Waals surface area contributed by atoms with Gasteiger partial charge in [-0.1, -0.05) is 43.0 Å². The van der Waals surface area contributed by atoms with Gasteiger partial charge in [0.05, 0.1) is 28.8 Å². The average Bonchev–Trinajstić information content (AvgIpc) is 3.31. The van der Waals surface area contributed by atoms with E-state index in [0.29, 0.717) is 66.4 Å². The molecule has 15 heteroatoms. The molecular formula is C52H35N3O12. The van der Waals surface area contributed by atoms with E-state index in [4.69, 9.17) is 14.9 Å². The molecule has 2 heterocycles. The molecule has 6 aromatic rings. The van der Waals surface area contributed by atoms with Gasteiger partial charge in [-0.05, 0) is 101 Å². The van der Waals surface area contributed by atoms with E-state index >= 15 is 0 Å². The van der Waals surface area contributed by atoms with Gasteiger partial charge in [0.15, 0.2) is 5.43 Å². The van der Waals surface area contributed by atoms with Gasteiger partial charge < -0.3 is 45.9 Å². The molecule has 330 valence electrons. The van der Waals surface area contributed by atoms with Gasteiger partial charge in [-0.3, -0.25) is 14.4 Å². The summed E-state index contributed by atoms with van der Waals surface area (Å²) in [6.45, 7) is 3.73. The Balaban J connectivity index is 0.939. The molecule has 0 fully saturated rings. The zero-order chi connectivity index (χ0) is 47.3. The summed E-state index contributed by atoms with van der Waals surface area (Å²) < 4.78 is 12.3. The van der Waals surface area contributed by atoms with Gasteiger partial charge in [0.25, 0.3) is 11.8 Å². The summed E-state index contributed by atoms with van der Waals surface area (Å²) in [5.41, 5.74) is 8.87. The zero-order valence-electron chi connectivity index (χ0n) is 34.9. The number of hydrogen-bond acceptors (Lipinski definition) is 10. The van der Waals surface area contributed by atoms with Crippen molar-refractivity contribution in [2.45, 2.75) is 13.1 Å². The zero-order valence-corrected chi connectivity index (χ0v) is 34.9. The molecule has 2 aliphatic heterocycles. The van der Waals surface area contributed by atoms with Crippen LogP contribution in [0.3, 0.4) is 0 Å². The number of carboxylic acids is 3. The van der Waals surface area contributed by atoms with Gasteiger partial charge in [0, 0.05) is 68.4 Å². The van der Waals surface area contributed by atoms with Crippen LogP contribution in [0.25, 0.3) is 45.6 Å². The standard InChI is InChI=1S/C52H35N3O12/c1-25-2-11-34-42(18-25)66-43-21-30(53)9-14-35(43)45(34)32-12-7-28(19-38(32)51(62)63)49(59)54-23-26-3-5-27(6-4-26)48(58)55-24-40-41(57)17-16-37-46(36-15-10-31(56)22-44(36)67-47(37)40)33-13-8-29(50(60)61)20-39(33)52(64)65/h2-22,57H,1,23-24,53H2,(H,54,59)(H,55,58)(H,60,61)(H,62,63)(H,64,65). The Kier molecular flexibility index (Phi) is 10.8. The van der Waals surface area contributed by atoms with Crippen LogP contribution >= 0.6 is 0 Å². The highest BCUT2D eigenvalue weighted by molar-refractivity contribution is 6.09. The van der Waals surface area contributed by atoms with Crippen molar-refractivity contribution in [2.75, 3.05) is 5.73 Å². The predicted octanol–water partition coefficient (Wildman–Crippen LogP) is 6.57. The van der Waals surface area contributed by atoms with Crippen molar-refractivity contribution < 1.29 is 53.6 Å². The Morgan fingerprint density at radius 1 is 0.597 bits per heavy atom. The lowest BCUT2D eigenvalue weighted by Gasteiger charge is -2.22. The lowest BCUT2D eigenvalue weighted by molar-refractivity contribution is 0.0682. The molecule has 1 aliphatic carbocycles. The molecule has 67 heavy (non-hydrogen) atoms. The highest BCUT2D eigenvalue weighted by Gasteiger charge is 2.27. The number of aromatic hydroxyl groups is 1. The van der Waals surface area contributed by atoms with Crippen LogP contribution in [0.15, 0.2) is 137 Å². The number of carboxylic acid groups (broad SMARTS) is 3. The molecule has 0 spiro atoms. The van der Waals surface area contributed by atoms with E-state index in [1.54, 1.807) is 54.6 Å². The second-order valence-corrected chi connectivity index (χ2v) is 15.6. The maximum atomic E-state index is 13.5. The number of anilines is 1. The van der Waals surface area contributed by atoms with Crippen LogP contribution in [0.5, 0.6) is 17.2 Å². The molecule has 0 saturated heterocycles. The van der Waals surface area contributed by atoms with Crippen molar-refractivity contribution in [1.82, 2.24) is 10.6 Å². The summed E-state index contributed by atoms with van der Waals surface area (Å²) >= 11 is 0. The van der Waals surface area contributed by atoms with Gasteiger partial charge in [0.1, 0.15) is 28.6 Å². The van der Waals surface area contributed by atoms with Crippen LogP contribution in [0.2, 0.25) is 0 Å². The monoisotopic (exact) mass is 893 g/mol. The summed E-state index contributed by atoms with van der Waals surface area (Å²) in [5.74, 6) is -4.34. The van der Waals surface area contributed by atoms with Gasteiger partial charge in [-0.15, -0.1) is 0 Å². The molecule has 0 bridgehead atoms. The molecule has 0 unspecified atom stereocenters. The Morgan fingerprint density at radius 3 is 1.99 bits per heavy atom. The van der Waals surface area contributed by atoms with Gasteiger partial charge in [-0.2, -0.15) is 0 Å². The molecule has 8 N–H and O–H groups in total. The SMILES string of the molecule is C=c1ccc2c(c1)Oc1cc(N)ccc1C=2c1ccc(C(=O)NCc2ccc(C(=O)NCc3c(O)ccc4c(-c5ccc(C(=O)O)cc5C(=O)O)c5ccc(=O)cc-5oc34)cc2)cc1C(=O)O. The number of rotatable bonds is 11. The summed E-state index contributed by atoms with van der Waals surface area (Å²) in [4.78, 5) is 76.2. The van der Waals surface area contributed by atoms with Crippen LogP contribution in [0.1, 0.15) is 74.0 Å². The van der Waals surface area contributed by atoms with Crippen molar-refractivity contribution in [3.05, 3.63) is 198 Å². The van der Waals surface area contributed by atoms with Crippen molar-refractivity contribution >= 4 is 58.5 Å². The van der Waals surface area contributed by atoms with Crippen molar-refractivity contribution in [3.63, 3.8) is 0 Å². The van der Waals surface area contributed by atoms with Crippen LogP contribution in [0.4, 0.5) is 5.69 Å². The number of benzene rings is 7.